The van der Waals surface area contributed by atoms with Gasteiger partial charge in [-0.15, -0.1) is 0 Å². The number of amides is 3. The minimum atomic E-state index is -0.563. The SMILES string of the molecule is CC1(CNCc2cccc3c2C(=O)N(C2CCC(=O)NC2=O)C3)CCNC1. The van der Waals surface area contributed by atoms with E-state index in [4.69, 9.17) is 0 Å². The average molecular weight is 370 g/mol. The van der Waals surface area contributed by atoms with Crippen molar-refractivity contribution >= 4 is 17.7 Å². The maximum absolute atomic E-state index is 13.0. The zero-order valence-corrected chi connectivity index (χ0v) is 15.6. The molecule has 3 amide bonds. The highest BCUT2D eigenvalue weighted by Crippen LogP contribution is 2.30. The number of benzene rings is 1. The zero-order valence-electron chi connectivity index (χ0n) is 15.6. The minimum absolute atomic E-state index is 0.106. The van der Waals surface area contributed by atoms with E-state index in [-0.39, 0.29) is 29.6 Å². The van der Waals surface area contributed by atoms with Gasteiger partial charge in [0.25, 0.3) is 5.91 Å². The molecule has 3 aliphatic rings. The van der Waals surface area contributed by atoms with E-state index in [1.54, 1.807) is 4.90 Å². The van der Waals surface area contributed by atoms with Gasteiger partial charge in [-0.25, -0.2) is 0 Å². The molecule has 4 rings (SSSR count). The summed E-state index contributed by atoms with van der Waals surface area (Å²) in [6.07, 6.45) is 1.82. The maximum Gasteiger partial charge on any atom is 0.255 e. The summed E-state index contributed by atoms with van der Waals surface area (Å²) in [6, 6.07) is 5.33. The Morgan fingerprint density at radius 2 is 2.15 bits per heavy atom. The lowest BCUT2D eigenvalue weighted by Crippen LogP contribution is -2.52. The zero-order chi connectivity index (χ0) is 19.0. The highest BCUT2D eigenvalue weighted by atomic mass is 16.2. The molecule has 7 heteroatoms. The molecule has 0 bridgehead atoms. The van der Waals surface area contributed by atoms with E-state index >= 15 is 0 Å². The Morgan fingerprint density at radius 1 is 1.30 bits per heavy atom. The molecule has 2 atom stereocenters. The Balaban J connectivity index is 1.46. The van der Waals surface area contributed by atoms with Gasteiger partial charge in [-0.2, -0.15) is 0 Å². The summed E-state index contributed by atoms with van der Waals surface area (Å²) in [7, 11) is 0. The van der Waals surface area contributed by atoms with Crippen LogP contribution in [0.3, 0.4) is 0 Å². The molecule has 0 spiro atoms. The first-order chi connectivity index (χ1) is 13.0. The second-order valence-electron chi connectivity index (χ2n) is 8.19. The molecule has 1 aromatic carbocycles. The van der Waals surface area contributed by atoms with Gasteiger partial charge in [-0.05, 0) is 35.9 Å². The first-order valence-electron chi connectivity index (χ1n) is 9.64. The van der Waals surface area contributed by atoms with Crippen LogP contribution in [0.25, 0.3) is 0 Å². The number of imide groups is 1. The van der Waals surface area contributed by atoms with Crippen LogP contribution in [0.2, 0.25) is 0 Å². The van der Waals surface area contributed by atoms with E-state index in [9.17, 15) is 14.4 Å². The number of nitrogens with one attached hydrogen (secondary N) is 3. The van der Waals surface area contributed by atoms with Crippen LogP contribution >= 0.6 is 0 Å². The molecular formula is C20H26N4O3. The van der Waals surface area contributed by atoms with E-state index in [1.165, 1.54) is 0 Å². The van der Waals surface area contributed by atoms with Crippen LogP contribution in [0.1, 0.15) is 47.7 Å². The maximum atomic E-state index is 13.0. The van der Waals surface area contributed by atoms with Crippen molar-refractivity contribution < 1.29 is 14.4 Å². The van der Waals surface area contributed by atoms with Gasteiger partial charge in [0.05, 0.1) is 0 Å². The number of nitrogens with zero attached hydrogens (tertiary/aromatic N) is 1. The van der Waals surface area contributed by atoms with Crippen molar-refractivity contribution in [2.45, 2.75) is 45.3 Å². The minimum Gasteiger partial charge on any atom is -0.322 e. The predicted molar refractivity (Wildman–Crippen MR) is 99.8 cm³/mol. The molecule has 1 aromatic rings. The molecule has 0 aromatic heterocycles. The first kappa shape index (κ1) is 18.1. The number of carbonyl (C=O) groups is 3. The fraction of sp³-hybridized carbons (Fsp3) is 0.550. The predicted octanol–water partition coefficient (Wildman–Crippen LogP) is 0.537. The number of fused-ring (bicyclic) bond motifs is 1. The van der Waals surface area contributed by atoms with Gasteiger partial charge in [0.15, 0.2) is 0 Å². The van der Waals surface area contributed by atoms with Crippen molar-refractivity contribution in [1.82, 2.24) is 20.9 Å². The number of piperidine rings is 1. The van der Waals surface area contributed by atoms with Gasteiger partial charge in [-0.1, -0.05) is 25.1 Å². The quantitative estimate of drug-likeness (QED) is 0.658. The van der Waals surface area contributed by atoms with E-state index in [2.05, 4.69) is 22.9 Å². The fourth-order valence-corrected chi connectivity index (χ4v) is 4.36. The largest absolute Gasteiger partial charge is 0.322 e. The highest BCUT2D eigenvalue weighted by molar-refractivity contribution is 6.05. The van der Waals surface area contributed by atoms with Crippen LogP contribution in [0, 0.1) is 5.41 Å². The number of rotatable bonds is 5. The van der Waals surface area contributed by atoms with Crippen LogP contribution in [0.15, 0.2) is 18.2 Å². The van der Waals surface area contributed by atoms with Crippen LogP contribution in [0.4, 0.5) is 0 Å². The smallest absolute Gasteiger partial charge is 0.255 e. The Morgan fingerprint density at radius 3 is 2.89 bits per heavy atom. The molecule has 3 N–H and O–H groups in total. The lowest BCUT2D eigenvalue weighted by atomic mass is 9.90. The standard InChI is InChI=1S/C20H26N4O3/c1-20(7-8-21-11-20)12-22-9-13-3-2-4-14-10-24(19(27)17(13)14)15-5-6-16(25)23-18(15)26/h2-4,15,21-22H,5-12H2,1H3,(H,23,25,26). The van der Waals surface area contributed by atoms with Gasteiger partial charge in [0, 0.05) is 38.2 Å². The Bertz CT molecular complexity index is 785. The number of hydrogen-bond donors (Lipinski definition) is 3. The molecule has 2 unspecified atom stereocenters. The molecule has 3 heterocycles. The third kappa shape index (κ3) is 3.49. The lowest BCUT2D eigenvalue weighted by molar-refractivity contribution is -0.136. The van der Waals surface area contributed by atoms with Gasteiger partial charge in [-0.3, -0.25) is 19.7 Å². The first-order valence-corrected chi connectivity index (χ1v) is 9.64. The third-order valence-electron chi connectivity index (χ3n) is 5.96. The molecule has 0 saturated carbocycles. The van der Waals surface area contributed by atoms with Crippen LogP contribution in [-0.4, -0.2) is 48.3 Å². The normalized spacial score (nSPS) is 27.8. The van der Waals surface area contributed by atoms with Crippen molar-refractivity contribution in [2.24, 2.45) is 5.41 Å². The summed E-state index contributed by atoms with van der Waals surface area (Å²) in [5.41, 5.74) is 2.89. The number of carbonyl (C=O) groups excluding carboxylic acids is 3. The topological polar surface area (TPSA) is 90.5 Å². The van der Waals surface area contributed by atoms with Crippen molar-refractivity contribution in [3.63, 3.8) is 0 Å². The molecular weight excluding hydrogens is 344 g/mol. The summed E-state index contributed by atoms with van der Waals surface area (Å²) in [6.45, 7) is 6.29. The summed E-state index contributed by atoms with van der Waals surface area (Å²) < 4.78 is 0. The Hall–Kier alpha value is -2.25. The Labute approximate surface area is 158 Å². The van der Waals surface area contributed by atoms with Crippen LogP contribution in [0.5, 0.6) is 0 Å². The van der Waals surface area contributed by atoms with Crippen LogP contribution < -0.4 is 16.0 Å². The summed E-state index contributed by atoms with van der Waals surface area (Å²) >= 11 is 0. The third-order valence-corrected chi connectivity index (χ3v) is 5.96. The molecule has 0 radical (unpaired) electrons. The molecule has 7 nitrogen and oxygen atoms in total. The molecule has 3 aliphatic heterocycles. The average Bonchev–Trinajstić information content (AvgIpc) is 3.20. The molecule has 0 aliphatic carbocycles. The van der Waals surface area contributed by atoms with Gasteiger partial charge < -0.3 is 15.5 Å². The second kappa shape index (κ2) is 7.05. The van der Waals surface area contributed by atoms with Crippen LogP contribution in [-0.2, 0) is 22.7 Å². The van der Waals surface area contributed by atoms with Crippen molar-refractivity contribution in [1.29, 1.82) is 0 Å². The van der Waals surface area contributed by atoms with Gasteiger partial charge in [0.2, 0.25) is 11.8 Å². The summed E-state index contributed by atoms with van der Waals surface area (Å²) in [5, 5.41) is 9.25. The highest BCUT2D eigenvalue weighted by Gasteiger charge is 2.40. The van der Waals surface area contributed by atoms with Crippen molar-refractivity contribution in [3.8, 4) is 0 Å². The van der Waals surface area contributed by atoms with E-state index < -0.39 is 6.04 Å². The van der Waals surface area contributed by atoms with E-state index in [0.29, 0.717) is 25.1 Å². The molecule has 27 heavy (non-hydrogen) atoms. The Kier molecular flexibility index (Phi) is 4.74. The molecule has 2 saturated heterocycles. The van der Waals surface area contributed by atoms with Gasteiger partial charge in [0.1, 0.15) is 6.04 Å². The fourth-order valence-electron chi connectivity index (χ4n) is 4.36. The summed E-state index contributed by atoms with van der Waals surface area (Å²) in [5.74, 6) is -0.737. The lowest BCUT2D eigenvalue weighted by Gasteiger charge is -2.29. The van der Waals surface area contributed by atoms with E-state index in [1.807, 2.05) is 18.2 Å². The van der Waals surface area contributed by atoms with Crippen molar-refractivity contribution in [2.75, 3.05) is 19.6 Å². The van der Waals surface area contributed by atoms with Crippen molar-refractivity contribution in [3.05, 3.63) is 34.9 Å². The van der Waals surface area contributed by atoms with Gasteiger partial charge >= 0.3 is 0 Å². The summed E-state index contributed by atoms with van der Waals surface area (Å²) in [4.78, 5) is 38.2. The number of hydrogen-bond acceptors (Lipinski definition) is 5. The molecule has 2 fully saturated rings. The molecule has 144 valence electrons. The second-order valence-corrected chi connectivity index (χ2v) is 8.19. The van der Waals surface area contributed by atoms with E-state index in [0.717, 1.165) is 37.2 Å². The monoisotopic (exact) mass is 370 g/mol.